The predicted molar refractivity (Wildman–Crippen MR) is 75.2 cm³/mol. The number of halogens is 1. The maximum absolute atomic E-state index is 13.5. The van der Waals surface area contributed by atoms with Gasteiger partial charge in [0.05, 0.1) is 6.04 Å². The first-order valence-corrected chi connectivity index (χ1v) is 6.42. The minimum atomic E-state index is -0.560. The number of amides is 1. The molecule has 0 aliphatic carbocycles. The van der Waals surface area contributed by atoms with E-state index in [-0.39, 0.29) is 17.1 Å². The molecule has 1 atom stereocenters. The second-order valence-electron chi connectivity index (χ2n) is 6.11. The third-order valence-electron chi connectivity index (χ3n) is 3.18. The van der Waals surface area contributed by atoms with E-state index in [1.165, 1.54) is 0 Å². The smallest absolute Gasteiger partial charge is 0.237 e. The molecule has 1 aromatic carbocycles. The third-order valence-corrected chi connectivity index (χ3v) is 3.18. The summed E-state index contributed by atoms with van der Waals surface area (Å²) in [5.74, 6) is -0.381. The van der Waals surface area contributed by atoms with Gasteiger partial charge in [0, 0.05) is 6.54 Å². The Hall–Kier alpha value is -1.42. The van der Waals surface area contributed by atoms with Crippen LogP contribution in [0.25, 0.3) is 0 Å². The molecule has 0 aromatic heterocycles. The van der Waals surface area contributed by atoms with E-state index in [1.54, 1.807) is 26.0 Å². The van der Waals surface area contributed by atoms with Gasteiger partial charge in [-0.25, -0.2) is 4.39 Å². The lowest BCUT2D eigenvalue weighted by molar-refractivity contribution is -0.124. The van der Waals surface area contributed by atoms with Crippen LogP contribution in [0.2, 0.25) is 0 Å². The van der Waals surface area contributed by atoms with E-state index in [1.807, 2.05) is 20.8 Å². The van der Waals surface area contributed by atoms with Crippen molar-refractivity contribution >= 4 is 5.91 Å². The van der Waals surface area contributed by atoms with Crippen molar-refractivity contribution in [3.63, 3.8) is 0 Å². The second-order valence-corrected chi connectivity index (χ2v) is 6.11. The highest BCUT2D eigenvalue weighted by atomic mass is 19.1. The average Bonchev–Trinajstić information content (AvgIpc) is 2.30. The fourth-order valence-electron chi connectivity index (χ4n) is 1.83. The van der Waals surface area contributed by atoms with Gasteiger partial charge < -0.3 is 11.1 Å². The minimum Gasteiger partial charge on any atom is -0.351 e. The molecule has 1 aromatic rings. The summed E-state index contributed by atoms with van der Waals surface area (Å²) >= 11 is 0. The summed E-state index contributed by atoms with van der Waals surface area (Å²) in [7, 11) is 0. The van der Waals surface area contributed by atoms with Gasteiger partial charge in [-0.3, -0.25) is 4.79 Å². The minimum absolute atomic E-state index is 0.188. The zero-order valence-electron chi connectivity index (χ0n) is 12.3. The summed E-state index contributed by atoms with van der Waals surface area (Å²) in [4.78, 5) is 11.9. The summed E-state index contributed by atoms with van der Waals surface area (Å²) in [5.41, 5.74) is 7.65. The molecule has 106 valence electrons. The lowest BCUT2D eigenvalue weighted by Gasteiger charge is -2.25. The molecule has 0 heterocycles. The number of aryl methyl sites for hydroxylation is 2. The Morgan fingerprint density at radius 3 is 2.21 bits per heavy atom. The summed E-state index contributed by atoms with van der Waals surface area (Å²) in [6.45, 7) is 9.56. The lowest BCUT2D eigenvalue weighted by Crippen LogP contribution is -2.48. The number of benzene rings is 1. The summed E-state index contributed by atoms with van der Waals surface area (Å²) in [6.07, 6.45) is 0. The molecule has 1 amide bonds. The van der Waals surface area contributed by atoms with E-state index in [0.717, 1.165) is 5.56 Å². The molecule has 3 nitrogen and oxygen atoms in total. The fraction of sp³-hybridized carbons (Fsp3) is 0.533. The molecule has 0 spiro atoms. The van der Waals surface area contributed by atoms with E-state index in [4.69, 9.17) is 5.73 Å². The first-order chi connectivity index (χ1) is 8.62. The van der Waals surface area contributed by atoms with Crippen LogP contribution in [0, 0.1) is 25.1 Å². The van der Waals surface area contributed by atoms with Gasteiger partial charge in [-0.15, -0.1) is 0 Å². The van der Waals surface area contributed by atoms with Crippen LogP contribution in [0.3, 0.4) is 0 Å². The van der Waals surface area contributed by atoms with Crippen molar-refractivity contribution in [1.82, 2.24) is 5.32 Å². The van der Waals surface area contributed by atoms with Crippen LogP contribution < -0.4 is 11.1 Å². The van der Waals surface area contributed by atoms with Gasteiger partial charge in [0.1, 0.15) is 5.82 Å². The Balaban J connectivity index is 2.70. The molecule has 1 rings (SSSR count). The Kier molecular flexibility index (Phi) is 4.69. The van der Waals surface area contributed by atoms with Crippen LogP contribution in [0.4, 0.5) is 4.39 Å². The van der Waals surface area contributed by atoms with Gasteiger partial charge in [0.25, 0.3) is 0 Å². The molecule has 19 heavy (non-hydrogen) atoms. The first kappa shape index (κ1) is 15.6. The Morgan fingerprint density at radius 2 is 1.79 bits per heavy atom. The number of nitrogens with two attached hydrogens (primary N) is 1. The van der Waals surface area contributed by atoms with E-state index in [0.29, 0.717) is 17.7 Å². The molecule has 0 aliphatic heterocycles. The monoisotopic (exact) mass is 266 g/mol. The highest BCUT2D eigenvalue weighted by molar-refractivity contribution is 5.82. The van der Waals surface area contributed by atoms with Crippen molar-refractivity contribution in [2.45, 2.75) is 47.2 Å². The van der Waals surface area contributed by atoms with Crippen LogP contribution in [-0.4, -0.2) is 11.9 Å². The molecule has 0 saturated carbocycles. The summed E-state index contributed by atoms with van der Waals surface area (Å²) in [5, 5.41) is 2.79. The molecular weight excluding hydrogens is 243 g/mol. The molecule has 0 fully saturated rings. The Bertz CT molecular complexity index is 455. The summed E-state index contributed by atoms with van der Waals surface area (Å²) in [6, 6.07) is 2.92. The van der Waals surface area contributed by atoms with Crippen molar-refractivity contribution in [3.05, 3.63) is 34.6 Å². The zero-order chi connectivity index (χ0) is 14.8. The van der Waals surface area contributed by atoms with Crippen molar-refractivity contribution in [2.24, 2.45) is 11.1 Å². The van der Waals surface area contributed by atoms with Crippen molar-refractivity contribution in [3.8, 4) is 0 Å². The van der Waals surface area contributed by atoms with Gasteiger partial charge in [0.2, 0.25) is 5.91 Å². The van der Waals surface area contributed by atoms with Crippen LogP contribution in [0.1, 0.15) is 37.5 Å². The highest BCUT2D eigenvalue weighted by Crippen LogP contribution is 2.18. The largest absolute Gasteiger partial charge is 0.351 e. The molecule has 0 bridgehead atoms. The van der Waals surface area contributed by atoms with Crippen LogP contribution in [-0.2, 0) is 11.3 Å². The van der Waals surface area contributed by atoms with Gasteiger partial charge in [0.15, 0.2) is 0 Å². The summed E-state index contributed by atoms with van der Waals surface area (Å²) < 4.78 is 13.5. The molecule has 1 unspecified atom stereocenters. The van der Waals surface area contributed by atoms with E-state index < -0.39 is 6.04 Å². The Labute approximate surface area is 114 Å². The number of hydrogen-bond donors (Lipinski definition) is 2. The van der Waals surface area contributed by atoms with Gasteiger partial charge in [-0.2, -0.15) is 0 Å². The quantitative estimate of drug-likeness (QED) is 0.883. The van der Waals surface area contributed by atoms with Crippen molar-refractivity contribution in [2.75, 3.05) is 0 Å². The average molecular weight is 266 g/mol. The van der Waals surface area contributed by atoms with Crippen LogP contribution in [0.5, 0.6) is 0 Å². The van der Waals surface area contributed by atoms with Crippen molar-refractivity contribution < 1.29 is 9.18 Å². The molecule has 0 saturated heterocycles. The second kappa shape index (κ2) is 5.70. The van der Waals surface area contributed by atoms with E-state index in [9.17, 15) is 9.18 Å². The van der Waals surface area contributed by atoms with E-state index >= 15 is 0 Å². The molecule has 0 aliphatic rings. The number of carbonyl (C=O) groups excluding carboxylic acids is 1. The lowest BCUT2D eigenvalue weighted by atomic mass is 9.87. The van der Waals surface area contributed by atoms with Crippen LogP contribution >= 0.6 is 0 Å². The maximum atomic E-state index is 13.5. The number of nitrogens with one attached hydrogen (secondary N) is 1. The predicted octanol–water partition coefficient (Wildman–Crippen LogP) is 2.43. The van der Waals surface area contributed by atoms with Gasteiger partial charge in [-0.1, -0.05) is 32.9 Å². The standard InChI is InChI=1S/C15H23FN2O/c1-9-6-11(7-10(2)12(9)16)8-18-14(19)13(17)15(3,4)5/h6-7,13H,8,17H2,1-5H3,(H,18,19). The SMILES string of the molecule is Cc1cc(CNC(=O)C(N)C(C)(C)C)cc(C)c1F. The number of hydrogen-bond acceptors (Lipinski definition) is 2. The maximum Gasteiger partial charge on any atom is 0.237 e. The number of rotatable bonds is 3. The van der Waals surface area contributed by atoms with E-state index in [2.05, 4.69) is 5.32 Å². The number of carbonyl (C=O) groups is 1. The molecule has 4 heteroatoms. The topological polar surface area (TPSA) is 55.1 Å². The normalized spacial score (nSPS) is 13.2. The fourth-order valence-corrected chi connectivity index (χ4v) is 1.83. The van der Waals surface area contributed by atoms with Crippen LogP contribution in [0.15, 0.2) is 12.1 Å². The Morgan fingerprint density at radius 1 is 1.32 bits per heavy atom. The highest BCUT2D eigenvalue weighted by Gasteiger charge is 2.27. The van der Waals surface area contributed by atoms with Gasteiger partial charge >= 0.3 is 0 Å². The van der Waals surface area contributed by atoms with Gasteiger partial charge in [-0.05, 0) is 36.0 Å². The first-order valence-electron chi connectivity index (χ1n) is 6.42. The third kappa shape index (κ3) is 4.03. The molecular formula is C15H23FN2O. The zero-order valence-corrected chi connectivity index (χ0v) is 12.3. The molecule has 0 radical (unpaired) electrons. The van der Waals surface area contributed by atoms with Crippen molar-refractivity contribution in [1.29, 1.82) is 0 Å². The molecule has 3 N–H and O–H groups in total.